The first kappa shape index (κ1) is 74.2. The van der Waals surface area contributed by atoms with E-state index in [-0.39, 0.29) is 0 Å². The van der Waals surface area contributed by atoms with Gasteiger partial charge in [-0.2, -0.15) is 0 Å². The molecule has 83 heavy (non-hydrogen) atoms. The summed E-state index contributed by atoms with van der Waals surface area (Å²) >= 11 is 0. The summed E-state index contributed by atoms with van der Waals surface area (Å²) in [6.45, 7) is 44.9. The highest BCUT2D eigenvalue weighted by Crippen LogP contribution is 2.15. The fourth-order valence-electron chi connectivity index (χ4n) is 9.29. The summed E-state index contributed by atoms with van der Waals surface area (Å²) in [6, 6.07) is 24.8. The molecule has 8 heterocycles. The Morgan fingerprint density at radius 1 is 0.301 bits per heavy atom. The lowest BCUT2D eigenvalue weighted by molar-refractivity contribution is 0.311. The van der Waals surface area contributed by atoms with Gasteiger partial charge in [-0.1, -0.05) is 18.2 Å². The van der Waals surface area contributed by atoms with Gasteiger partial charge in [0.05, 0.1) is 17.5 Å². The molecule has 3 fully saturated rings. The quantitative estimate of drug-likeness (QED) is 0.0760. The first-order chi connectivity index (χ1) is 38.8. The van der Waals surface area contributed by atoms with Gasteiger partial charge in [0.15, 0.2) is 0 Å². The molecule has 8 rings (SSSR count). The number of piperidine rings is 2. The second-order valence-corrected chi connectivity index (χ2v) is 24.1. The van der Waals surface area contributed by atoms with Gasteiger partial charge in [0.2, 0.25) is 0 Å². The highest BCUT2D eigenvalue weighted by atomic mass is 15.2. The topological polar surface area (TPSA) is 225 Å². The molecule has 0 atom stereocenters. The first-order valence-electron chi connectivity index (χ1n) is 30.5. The number of nitrogens with zero attached hydrogens (tertiary/aromatic N) is 8. The van der Waals surface area contributed by atoms with Crippen LogP contribution in [0.15, 0.2) is 97.7 Å². The minimum atomic E-state index is 0.377. The predicted octanol–water partition coefficient (Wildman–Crippen LogP) is 14.2. The molecule has 5 aromatic rings. The van der Waals surface area contributed by atoms with E-state index in [1.54, 1.807) is 6.07 Å². The van der Waals surface area contributed by atoms with Gasteiger partial charge in [-0.15, -0.1) is 0 Å². The molecule has 462 valence electrons. The van der Waals surface area contributed by atoms with Crippen molar-refractivity contribution in [1.29, 1.82) is 43.3 Å². The highest BCUT2D eigenvalue weighted by molar-refractivity contribution is 5.81. The smallest absolute Gasteiger partial charge is 0.127 e. The van der Waals surface area contributed by atoms with E-state index < -0.39 is 0 Å². The summed E-state index contributed by atoms with van der Waals surface area (Å²) in [5, 5.41) is 60.7. The molecular weight excluding hydrogens is 1030 g/mol. The van der Waals surface area contributed by atoms with Crippen LogP contribution in [0.5, 0.6) is 0 Å². The maximum Gasteiger partial charge on any atom is 0.127 e. The Hall–Kier alpha value is -6.84. The zero-order valence-corrected chi connectivity index (χ0v) is 55.2. The van der Waals surface area contributed by atoms with Gasteiger partial charge in [-0.25, -0.2) is 0 Å². The van der Waals surface area contributed by atoms with Crippen molar-refractivity contribution in [3.8, 4) is 0 Å². The molecule has 0 bridgehead atoms. The Morgan fingerprint density at radius 2 is 0.602 bits per heavy atom. The normalized spacial score (nSPS) is 13.9. The monoisotopic (exact) mass is 1140 g/mol. The lowest BCUT2D eigenvalue weighted by Crippen LogP contribution is -2.39. The summed E-state index contributed by atoms with van der Waals surface area (Å²) in [5.41, 5.74) is 7.31. The number of rotatable bonds is 8. The Morgan fingerprint density at radius 3 is 0.831 bits per heavy atom. The zero-order chi connectivity index (χ0) is 63.3. The molecule has 0 aromatic carbocycles. The van der Waals surface area contributed by atoms with E-state index in [0.29, 0.717) is 75.8 Å². The number of likely N-dealkylation sites (tertiary alicyclic amines) is 3. The van der Waals surface area contributed by atoms with Crippen molar-refractivity contribution in [2.45, 2.75) is 238 Å². The van der Waals surface area contributed by atoms with Gasteiger partial charge in [0.1, 0.15) is 27.4 Å². The molecule has 3 aliphatic rings. The van der Waals surface area contributed by atoms with Crippen LogP contribution in [-0.2, 0) is 0 Å². The summed E-state index contributed by atoms with van der Waals surface area (Å²) in [6.07, 6.45) is 18.8. The summed E-state index contributed by atoms with van der Waals surface area (Å²) in [4.78, 5) is 6.52. The molecule has 0 unspecified atom stereocenters. The first-order valence-corrected chi connectivity index (χ1v) is 30.5. The number of pyridine rings is 5. The summed E-state index contributed by atoms with van der Waals surface area (Å²) < 4.78 is 9.70. The molecule has 0 saturated carbocycles. The lowest BCUT2D eigenvalue weighted by atomic mass is 10.1. The van der Waals surface area contributed by atoms with Crippen LogP contribution in [0.25, 0.3) is 0 Å². The Labute approximate surface area is 501 Å². The zero-order valence-electron chi connectivity index (χ0n) is 55.2. The number of nitrogens with one attached hydrogen (secondary N) is 8. The fraction of sp³-hybridized carbons (Fsp3) is 0.582. The molecule has 16 nitrogen and oxygen atoms in total. The maximum absolute atomic E-state index is 7.69. The van der Waals surface area contributed by atoms with Crippen molar-refractivity contribution >= 4 is 17.5 Å². The summed E-state index contributed by atoms with van der Waals surface area (Å²) in [5.74, 6) is 2.49. The number of hydrogen-bond acceptors (Lipinski definition) is 8. The van der Waals surface area contributed by atoms with Crippen LogP contribution in [-0.4, -0.2) is 92.8 Å². The largest absolute Gasteiger partial charge is 0.358 e. The SMILES string of the molecule is CC(C)N1CCCC1=N.CC(C)N1CCCCC1=N.CC(C)N1CCCCC1=N.CC(C)n1ccccc1=N.Cc1cccn(C(C)C)c1=N.Cc1cccn(C(C)C)c1=N.Cc1ccn(C(C)C)c(=N)c1.Cc1ccn(C(C)C)c(=N)c1. The molecule has 0 radical (unpaired) electrons. The third-order valence-electron chi connectivity index (χ3n) is 14.3. The molecule has 0 amide bonds. The maximum atomic E-state index is 7.69. The van der Waals surface area contributed by atoms with E-state index in [1.165, 1.54) is 32.1 Å². The van der Waals surface area contributed by atoms with Crippen molar-refractivity contribution < 1.29 is 0 Å². The van der Waals surface area contributed by atoms with Gasteiger partial charge in [0, 0.05) is 118 Å². The molecule has 3 aliphatic heterocycles. The van der Waals surface area contributed by atoms with E-state index in [2.05, 4.69) is 125 Å². The minimum Gasteiger partial charge on any atom is -0.358 e. The molecule has 8 N–H and O–H groups in total. The molecular formula is C67H114N16. The molecule has 16 heteroatoms. The van der Waals surface area contributed by atoms with Crippen molar-refractivity contribution in [2.24, 2.45) is 0 Å². The second-order valence-electron chi connectivity index (χ2n) is 24.1. The van der Waals surface area contributed by atoms with Crippen LogP contribution in [0.2, 0.25) is 0 Å². The van der Waals surface area contributed by atoms with Gasteiger partial charge in [-0.05, 0) is 241 Å². The highest BCUT2D eigenvalue weighted by Gasteiger charge is 2.19. The van der Waals surface area contributed by atoms with Crippen molar-refractivity contribution in [3.05, 3.63) is 147 Å². The van der Waals surface area contributed by atoms with Crippen LogP contribution >= 0.6 is 0 Å². The van der Waals surface area contributed by atoms with E-state index in [0.717, 1.165) is 78.7 Å². The van der Waals surface area contributed by atoms with E-state index >= 15 is 0 Å². The standard InChI is InChI=1S/4C9H14N2.2C8H16N2.C8H12N2.C7H14N2/c2*1-7(2)11-5-4-8(3)6-9(11)10;2*1-7(2)11-6-4-5-8(3)9(11)10;3*1-7(2)10-6-4-3-5-8(10)9;1-6(2)9-5-3-4-7(9)8/h4*4-7,10H,1-3H3;2*7,9H,3-6H2,1-2H3;3-7,9H,1-2H3;6,8H,3-5H2,1-2H3. The van der Waals surface area contributed by atoms with Crippen molar-refractivity contribution in [2.75, 3.05) is 19.6 Å². The van der Waals surface area contributed by atoms with Crippen LogP contribution in [0, 0.1) is 71.0 Å². The van der Waals surface area contributed by atoms with E-state index in [4.69, 9.17) is 43.3 Å². The Balaban J connectivity index is 0.000000475. The number of aryl methyl sites for hydroxylation is 4. The fourth-order valence-corrected chi connectivity index (χ4v) is 9.29. The number of aromatic nitrogens is 5. The summed E-state index contributed by atoms with van der Waals surface area (Å²) in [7, 11) is 0. The van der Waals surface area contributed by atoms with E-state index in [1.807, 2.05) is 142 Å². The second kappa shape index (κ2) is 38.1. The van der Waals surface area contributed by atoms with Crippen molar-refractivity contribution in [3.63, 3.8) is 0 Å². The molecule has 0 spiro atoms. The van der Waals surface area contributed by atoms with Gasteiger partial charge in [-0.3, -0.25) is 43.3 Å². The van der Waals surface area contributed by atoms with E-state index in [9.17, 15) is 0 Å². The van der Waals surface area contributed by atoms with Crippen LogP contribution in [0.4, 0.5) is 0 Å². The number of hydrogen-bond donors (Lipinski definition) is 8. The minimum absolute atomic E-state index is 0.377. The van der Waals surface area contributed by atoms with Gasteiger partial charge in [0.25, 0.3) is 0 Å². The van der Waals surface area contributed by atoms with Gasteiger partial charge >= 0.3 is 0 Å². The lowest BCUT2D eigenvalue weighted by Gasteiger charge is -2.32. The number of amidine groups is 3. The van der Waals surface area contributed by atoms with Crippen LogP contribution in [0.1, 0.15) is 215 Å². The molecule has 5 aromatic heterocycles. The van der Waals surface area contributed by atoms with Gasteiger partial charge < -0.3 is 37.5 Å². The third-order valence-corrected chi connectivity index (χ3v) is 14.3. The average Bonchev–Trinajstić information content (AvgIpc) is 3.88. The Kier molecular flexibility index (Phi) is 34.0. The Bertz CT molecular complexity index is 2850. The molecule has 3 saturated heterocycles. The van der Waals surface area contributed by atoms with Crippen LogP contribution < -0.4 is 27.4 Å². The predicted molar refractivity (Wildman–Crippen MR) is 348 cm³/mol. The van der Waals surface area contributed by atoms with Crippen molar-refractivity contribution in [1.82, 2.24) is 37.5 Å². The third kappa shape index (κ3) is 27.0. The average molecular weight is 1140 g/mol. The molecule has 0 aliphatic carbocycles. The van der Waals surface area contributed by atoms with Crippen LogP contribution in [0.3, 0.4) is 0 Å².